The zero-order chi connectivity index (χ0) is 17.8. The SMILES string of the molecule is COc1cc(Cn2nnc(-c3ccc(C)cc3)n2)ccc1OC(F)F. The zero-order valence-corrected chi connectivity index (χ0v) is 13.7. The van der Waals surface area contributed by atoms with Crippen LogP contribution in [0.25, 0.3) is 11.4 Å². The standard InChI is InChI=1S/C17H16F2N4O2/c1-11-3-6-13(7-4-11)16-20-22-23(21-16)10-12-5-8-14(25-17(18)19)15(9-12)24-2/h3-9,17H,10H2,1-2H3. The lowest BCUT2D eigenvalue weighted by atomic mass is 10.1. The second-order valence-electron chi connectivity index (χ2n) is 5.37. The van der Waals surface area contributed by atoms with Crippen LogP contribution < -0.4 is 9.47 Å². The number of halogens is 2. The van der Waals surface area contributed by atoms with Gasteiger partial charge >= 0.3 is 6.61 Å². The molecule has 0 spiro atoms. The second-order valence-corrected chi connectivity index (χ2v) is 5.37. The van der Waals surface area contributed by atoms with E-state index in [0.29, 0.717) is 12.4 Å². The third-order valence-corrected chi connectivity index (χ3v) is 3.53. The lowest BCUT2D eigenvalue weighted by Crippen LogP contribution is -2.06. The van der Waals surface area contributed by atoms with Crippen molar-refractivity contribution in [3.8, 4) is 22.9 Å². The van der Waals surface area contributed by atoms with Crippen LogP contribution in [0.15, 0.2) is 42.5 Å². The highest BCUT2D eigenvalue weighted by Crippen LogP contribution is 2.29. The minimum absolute atomic E-state index is 0.0202. The quantitative estimate of drug-likeness (QED) is 0.685. The highest BCUT2D eigenvalue weighted by Gasteiger charge is 2.12. The van der Waals surface area contributed by atoms with Crippen molar-refractivity contribution in [3.63, 3.8) is 0 Å². The monoisotopic (exact) mass is 346 g/mol. The molecule has 1 aromatic heterocycles. The van der Waals surface area contributed by atoms with Gasteiger partial charge in [0.15, 0.2) is 11.5 Å². The molecule has 0 saturated carbocycles. The smallest absolute Gasteiger partial charge is 0.387 e. The minimum Gasteiger partial charge on any atom is -0.493 e. The fourth-order valence-electron chi connectivity index (χ4n) is 2.30. The number of hydrogen-bond donors (Lipinski definition) is 0. The first kappa shape index (κ1) is 16.8. The summed E-state index contributed by atoms with van der Waals surface area (Å²) in [5.74, 6) is 0.717. The van der Waals surface area contributed by atoms with E-state index in [0.717, 1.165) is 16.7 Å². The van der Waals surface area contributed by atoms with Gasteiger partial charge in [-0.25, -0.2) is 0 Å². The minimum atomic E-state index is -2.91. The van der Waals surface area contributed by atoms with Crippen molar-refractivity contribution in [2.75, 3.05) is 7.11 Å². The van der Waals surface area contributed by atoms with Crippen LogP contribution in [0.4, 0.5) is 8.78 Å². The molecule has 8 heteroatoms. The van der Waals surface area contributed by atoms with Crippen LogP contribution in [0.5, 0.6) is 11.5 Å². The maximum atomic E-state index is 12.4. The molecule has 0 aliphatic rings. The predicted molar refractivity (Wildman–Crippen MR) is 86.7 cm³/mol. The Bertz CT molecular complexity index is 850. The first-order chi connectivity index (χ1) is 12.0. The number of nitrogens with zero attached hydrogens (tertiary/aromatic N) is 4. The highest BCUT2D eigenvalue weighted by molar-refractivity contribution is 5.54. The van der Waals surface area contributed by atoms with Gasteiger partial charge in [-0.2, -0.15) is 13.6 Å². The molecule has 6 nitrogen and oxygen atoms in total. The van der Waals surface area contributed by atoms with Crippen LogP contribution in [0.2, 0.25) is 0 Å². The maximum Gasteiger partial charge on any atom is 0.387 e. The Balaban J connectivity index is 1.77. The second kappa shape index (κ2) is 7.25. The first-order valence-corrected chi connectivity index (χ1v) is 7.52. The zero-order valence-electron chi connectivity index (χ0n) is 13.7. The lowest BCUT2D eigenvalue weighted by Gasteiger charge is -2.11. The molecule has 130 valence electrons. The Morgan fingerprint density at radius 3 is 2.52 bits per heavy atom. The number of aryl methyl sites for hydroxylation is 1. The van der Waals surface area contributed by atoms with E-state index in [2.05, 4.69) is 20.1 Å². The van der Waals surface area contributed by atoms with Crippen molar-refractivity contribution in [2.24, 2.45) is 0 Å². The number of alkyl halides is 2. The van der Waals surface area contributed by atoms with Crippen LogP contribution in [0, 0.1) is 6.92 Å². The highest BCUT2D eigenvalue weighted by atomic mass is 19.3. The van der Waals surface area contributed by atoms with Crippen molar-refractivity contribution in [1.82, 2.24) is 20.2 Å². The van der Waals surface area contributed by atoms with Gasteiger partial charge in [0.2, 0.25) is 5.82 Å². The first-order valence-electron chi connectivity index (χ1n) is 7.52. The summed E-state index contributed by atoms with van der Waals surface area (Å²) in [6.45, 7) is -0.582. The number of hydrogen-bond acceptors (Lipinski definition) is 5. The Hall–Kier alpha value is -3.03. The van der Waals surface area contributed by atoms with Crippen molar-refractivity contribution < 1.29 is 18.3 Å². The molecule has 0 saturated heterocycles. The van der Waals surface area contributed by atoms with Crippen LogP contribution in [0.1, 0.15) is 11.1 Å². The Labute approximate surface area is 143 Å². The Morgan fingerprint density at radius 1 is 1.08 bits per heavy atom. The molecule has 0 aliphatic heterocycles. The summed E-state index contributed by atoms with van der Waals surface area (Å²) in [5, 5.41) is 12.4. The predicted octanol–water partition coefficient (Wildman–Crippen LogP) is 3.31. The molecular weight excluding hydrogens is 330 g/mol. The van der Waals surface area contributed by atoms with E-state index >= 15 is 0 Å². The summed E-state index contributed by atoms with van der Waals surface area (Å²) in [4.78, 5) is 1.43. The van der Waals surface area contributed by atoms with Crippen LogP contribution in [0.3, 0.4) is 0 Å². The van der Waals surface area contributed by atoms with Gasteiger partial charge in [0.25, 0.3) is 0 Å². The van der Waals surface area contributed by atoms with E-state index in [1.54, 1.807) is 12.1 Å². The molecule has 0 amide bonds. The van der Waals surface area contributed by atoms with Crippen LogP contribution in [-0.4, -0.2) is 33.9 Å². The largest absolute Gasteiger partial charge is 0.493 e. The average Bonchev–Trinajstić information content (AvgIpc) is 3.05. The normalized spacial score (nSPS) is 10.9. The molecule has 3 aromatic rings. The van der Waals surface area contributed by atoms with Gasteiger partial charge in [-0.05, 0) is 29.8 Å². The van der Waals surface area contributed by atoms with Crippen molar-refractivity contribution in [1.29, 1.82) is 0 Å². The van der Waals surface area contributed by atoms with Crippen molar-refractivity contribution >= 4 is 0 Å². The third-order valence-electron chi connectivity index (χ3n) is 3.53. The molecule has 0 bridgehead atoms. The van der Waals surface area contributed by atoms with Gasteiger partial charge in [0, 0.05) is 5.56 Å². The van der Waals surface area contributed by atoms with Crippen LogP contribution in [-0.2, 0) is 6.54 Å². The fraction of sp³-hybridized carbons (Fsp3) is 0.235. The molecule has 2 aromatic carbocycles. The van der Waals surface area contributed by atoms with Gasteiger partial charge in [-0.1, -0.05) is 35.9 Å². The van der Waals surface area contributed by atoms with Crippen LogP contribution >= 0.6 is 0 Å². The fourth-order valence-corrected chi connectivity index (χ4v) is 2.30. The van der Waals surface area contributed by atoms with E-state index in [4.69, 9.17) is 4.74 Å². The number of rotatable bonds is 6. The number of methoxy groups -OCH3 is 1. The van der Waals surface area contributed by atoms with Gasteiger partial charge in [0.1, 0.15) is 0 Å². The summed E-state index contributed by atoms with van der Waals surface area (Å²) in [6.07, 6.45) is 0. The Kier molecular flexibility index (Phi) is 4.87. The number of aromatic nitrogens is 4. The molecule has 0 radical (unpaired) electrons. The van der Waals surface area contributed by atoms with Crippen molar-refractivity contribution in [2.45, 2.75) is 20.1 Å². The molecule has 0 fully saturated rings. The summed E-state index contributed by atoms with van der Waals surface area (Å²) in [7, 11) is 1.39. The average molecular weight is 346 g/mol. The summed E-state index contributed by atoms with van der Waals surface area (Å²) in [6, 6.07) is 12.5. The lowest BCUT2D eigenvalue weighted by molar-refractivity contribution is -0.0512. The van der Waals surface area contributed by atoms with E-state index in [1.165, 1.54) is 18.0 Å². The molecule has 25 heavy (non-hydrogen) atoms. The summed E-state index contributed by atoms with van der Waals surface area (Å²) in [5.41, 5.74) is 2.79. The molecule has 0 unspecified atom stereocenters. The third kappa shape index (κ3) is 4.09. The van der Waals surface area contributed by atoms with Gasteiger partial charge < -0.3 is 9.47 Å². The molecule has 1 heterocycles. The summed E-state index contributed by atoms with van der Waals surface area (Å²) >= 11 is 0. The molecule has 0 N–H and O–H groups in total. The van der Waals surface area contributed by atoms with E-state index in [1.807, 2.05) is 31.2 Å². The van der Waals surface area contributed by atoms with Crippen molar-refractivity contribution in [3.05, 3.63) is 53.6 Å². The van der Waals surface area contributed by atoms with Gasteiger partial charge in [0.05, 0.1) is 13.7 Å². The number of ether oxygens (including phenoxy) is 2. The topological polar surface area (TPSA) is 62.1 Å². The molecule has 3 rings (SSSR count). The van der Waals surface area contributed by atoms with E-state index < -0.39 is 6.61 Å². The summed E-state index contributed by atoms with van der Waals surface area (Å²) < 4.78 is 34.2. The van der Waals surface area contributed by atoms with E-state index in [-0.39, 0.29) is 11.5 Å². The Morgan fingerprint density at radius 2 is 1.84 bits per heavy atom. The molecule has 0 aliphatic carbocycles. The molecule has 0 atom stereocenters. The van der Waals surface area contributed by atoms with E-state index in [9.17, 15) is 8.78 Å². The van der Waals surface area contributed by atoms with Gasteiger partial charge in [-0.3, -0.25) is 0 Å². The maximum absolute atomic E-state index is 12.4. The number of tetrazole rings is 1. The number of benzene rings is 2. The molecular formula is C17H16F2N4O2. The van der Waals surface area contributed by atoms with Gasteiger partial charge in [-0.15, -0.1) is 10.2 Å².